The van der Waals surface area contributed by atoms with Crippen LogP contribution in [0.2, 0.25) is 0 Å². The molecule has 0 spiro atoms. The van der Waals surface area contributed by atoms with Crippen molar-refractivity contribution in [2.75, 3.05) is 6.54 Å². The van der Waals surface area contributed by atoms with Crippen molar-refractivity contribution < 1.29 is 22.7 Å². The number of nitrogens with zero attached hydrogens (tertiary/aromatic N) is 3. The Morgan fingerprint density at radius 2 is 1.90 bits per heavy atom. The maximum atomic E-state index is 12.8. The second kappa shape index (κ2) is 4.92. The summed E-state index contributed by atoms with van der Waals surface area (Å²) >= 11 is 0. The van der Waals surface area contributed by atoms with E-state index in [1.807, 2.05) is 0 Å². The molecule has 0 N–H and O–H groups in total. The van der Waals surface area contributed by atoms with Crippen LogP contribution in [0.1, 0.15) is 38.0 Å². The summed E-state index contributed by atoms with van der Waals surface area (Å²) in [6, 6.07) is 0. The smallest absolute Gasteiger partial charge is 0.444 e. The summed E-state index contributed by atoms with van der Waals surface area (Å²) in [4.78, 5) is 17.0. The quantitative estimate of drug-likeness (QED) is 0.740. The third-order valence-electron chi connectivity index (χ3n) is 3.16. The molecule has 5 nitrogen and oxygen atoms in total. The molecule has 0 radical (unpaired) electrons. The molecule has 1 aromatic rings. The summed E-state index contributed by atoms with van der Waals surface area (Å²) in [5, 5.41) is 0. The molecule has 1 aromatic heterocycles. The first-order valence-electron chi connectivity index (χ1n) is 6.58. The molecule has 21 heavy (non-hydrogen) atoms. The van der Waals surface area contributed by atoms with Crippen LogP contribution in [0.5, 0.6) is 0 Å². The standard InChI is InChI=1S/C13H18F3N3O2/c1-12(2,3)21-11(20)19-6-5-8-9(7-19)18(4)10(17-8)13(14,15)16/h5-7H2,1-4H3. The highest BCUT2D eigenvalue weighted by molar-refractivity contribution is 5.68. The highest BCUT2D eigenvalue weighted by Crippen LogP contribution is 2.31. The summed E-state index contributed by atoms with van der Waals surface area (Å²) < 4.78 is 44.7. The summed E-state index contributed by atoms with van der Waals surface area (Å²) in [6.07, 6.45) is -4.73. The average molecular weight is 305 g/mol. The molecule has 8 heteroatoms. The zero-order valence-corrected chi connectivity index (χ0v) is 12.4. The fraction of sp³-hybridized carbons (Fsp3) is 0.692. The maximum absolute atomic E-state index is 12.8. The van der Waals surface area contributed by atoms with E-state index in [-0.39, 0.29) is 6.54 Å². The van der Waals surface area contributed by atoms with Crippen molar-refractivity contribution in [1.29, 1.82) is 0 Å². The highest BCUT2D eigenvalue weighted by Gasteiger charge is 2.39. The van der Waals surface area contributed by atoms with E-state index in [0.717, 1.165) is 4.57 Å². The Morgan fingerprint density at radius 3 is 2.43 bits per heavy atom. The number of aromatic nitrogens is 2. The number of alkyl halides is 3. The van der Waals surface area contributed by atoms with Crippen LogP contribution in [0.25, 0.3) is 0 Å². The molecule has 1 aliphatic rings. The zero-order valence-electron chi connectivity index (χ0n) is 12.4. The molecule has 0 atom stereocenters. The fourth-order valence-corrected chi connectivity index (χ4v) is 2.22. The molecule has 0 fully saturated rings. The van der Waals surface area contributed by atoms with Crippen LogP contribution in [0.15, 0.2) is 0 Å². The summed E-state index contributed by atoms with van der Waals surface area (Å²) in [5.41, 5.74) is 0.157. The van der Waals surface area contributed by atoms with Crippen molar-refractivity contribution >= 4 is 6.09 Å². The van der Waals surface area contributed by atoms with Crippen molar-refractivity contribution in [1.82, 2.24) is 14.5 Å². The Bertz CT molecular complexity index is 558. The number of hydrogen-bond acceptors (Lipinski definition) is 3. The largest absolute Gasteiger partial charge is 0.449 e. The molecule has 0 saturated heterocycles. The van der Waals surface area contributed by atoms with E-state index in [9.17, 15) is 18.0 Å². The molecule has 118 valence electrons. The Morgan fingerprint density at radius 1 is 1.29 bits per heavy atom. The Kier molecular flexibility index (Phi) is 3.67. The van der Waals surface area contributed by atoms with Crippen molar-refractivity contribution in [3.05, 3.63) is 17.2 Å². The van der Waals surface area contributed by atoms with Crippen LogP contribution in [-0.4, -0.2) is 32.7 Å². The lowest BCUT2D eigenvalue weighted by atomic mass is 10.1. The first-order valence-corrected chi connectivity index (χ1v) is 6.58. The van der Waals surface area contributed by atoms with E-state index < -0.39 is 23.7 Å². The number of carbonyl (C=O) groups is 1. The lowest BCUT2D eigenvalue weighted by Gasteiger charge is -2.30. The number of fused-ring (bicyclic) bond motifs is 1. The minimum absolute atomic E-state index is 0.0732. The molecule has 0 saturated carbocycles. The molecule has 0 unspecified atom stereocenters. The SMILES string of the molecule is Cn1c(C(F)(F)F)nc2c1CN(C(=O)OC(C)(C)C)CC2. The number of rotatable bonds is 0. The summed E-state index contributed by atoms with van der Waals surface area (Å²) in [6.45, 7) is 5.60. The van der Waals surface area contributed by atoms with Gasteiger partial charge >= 0.3 is 12.3 Å². The number of carbonyl (C=O) groups excluding carboxylic acids is 1. The summed E-state index contributed by atoms with van der Waals surface area (Å²) in [5.74, 6) is -0.932. The van der Waals surface area contributed by atoms with E-state index in [0.29, 0.717) is 24.4 Å². The van der Waals surface area contributed by atoms with Gasteiger partial charge in [-0.25, -0.2) is 9.78 Å². The van der Waals surface area contributed by atoms with Gasteiger partial charge in [0.1, 0.15) is 5.60 Å². The van der Waals surface area contributed by atoms with E-state index >= 15 is 0 Å². The number of hydrogen-bond donors (Lipinski definition) is 0. The van der Waals surface area contributed by atoms with Gasteiger partial charge < -0.3 is 14.2 Å². The maximum Gasteiger partial charge on any atom is 0.449 e. The van der Waals surface area contributed by atoms with Gasteiger partial charge in [-0.2, -0.15) is 13.2 Å². The molecular formula is C13H18F3N3O2. The van der Waals surface area contributed by atoms with Gasteiger partial charge in [-0.1, -0.05) is 0 Å². The first-order chi connectivity index (χ1) is 9.49. The van der Waals surface area contributed by atoms with Gasteiger partial charge in [-0.3, -0.25) is 0 Å². The van der Waals surface area contributed by atoms with Crippen molar-refractivity contribution in [2.24, 2.45) is 7.05 Å². The lowest BCUT2D eigenvalue weighted by Crippen LogP contribution is -2.40. The van der Waals surface area contributed by atoms with Crippen LogP contribution in [0, 0.1) is 0 Å². The molecule has 0 aromatic carbocycles. The highest BCUT2D eigenvalue weighted by atomic mass is 19.4. The van der Waals surface area contributed by atoms with Gasteiger partial charge in [0.15, 0.2) is 0 Å². The fourth-order valence-electron chi connectivity index (χ4n) is 2.22. The third-order valence-corrected chi connectivity index (χ3v) is 3.16. The molecule has 1 aliphatic heterocycles. The van der Waals surface area contributed by atoms with Gasteiger partial charge in [-0.05, 0) is 20.8 Å². The number of ether oxygens (including phenoxy) is 1. The minimum atomic E-state index is -4.50. The third kappa shape index (κ3) is 3.30. The Hall–Kier alpha value is -1.73. The van der Waals surface area contributed by atoms with E-state index in [1.54, 1.807) is 20.8 Å². The van der Waals surface area contributed by atoms with Gasteiger partial charge in [-0.15, -0.1) is 0 Å². The first kappa shape index (κ1) is 15.7. The second-order valence-electron chi connectivity index (χ2n) is 6.04. The second-order valence-corrected chi connectivity index (χ2v) is 6.04. The van der Waals surface area contributed by atoms with E-state index in [2.05, 4.69) is 4.98 Å². The van der Waals surface area contributed by atoms with Crippen molar-refractivity contribution in [3.8, 4) is 0 Å². The van der Waals surface area contributed by atoms with Crippen LogP contribution >= 0.6 is 0 Å². The average Bonchev–Trinajstić information content (AvgIpc) is 2.64. The van der Waals surface area contributed by atoms with Gasteiger partial charge in [0.25, 0.3) is 0 Å². The van der Waals surface area contributed by atoms with Gasteiger partial charge in [0.2, 0.25) is 5.82 Å². The number of halogens is 3. The molecule has 0 aliphatic carbocycles. The van der Waals surface area contributed by atoms with Crippen LogP contribution in [0.3, 0.4) is 0 Å². The van der Waals surface area contributed by atoms with E-state index in [4.69, 9.17) is 4.74 Å². The predicted octanol–water partition coefficient (Wildman–Crippen LogP) is 2.73. The van der Waals surface area contributed by atoms with Gasteiger partial charge in [0, 0.05) is 20.0 Å². The van der Waals surface area contributed by atoms with Gasteiger partial charge in [0.05, 0.1) is 17.9 Å². The molecule has 1 amide bonds. The molecular weight excluding hydrogens is 287 g/mol. The molecule has 0 bridgehead atoms. The number of amides is 1. The molecule has 2 rings (SSSR count). The minimum Gasteiger partial charge on any atom is -0.444 e. The van der Waals surface area contributed by atoms with Crippen LogP contribution in [-0.2, 0) is 30.9 Å². The summed E-state index contributed by atoms with van der Waals surface area (Å²) in [7, 11) is 1.31. The monoisotopic (exact) mass is 305 g/mol. The number of imidazole rings is 1. The van der Waals surface area contributed by atoms with Crippen LogP contribution in [0.4, 0.5) is 18.0 Å². The van der Waals surface area contributed by atoms with Crippen molar-refractivity contribution in [3.63, 3.8) is 0 Å². The topological polar surface area (TPSA) is 47.4 Å². The van der Waals surface area contributed by atoms with Crippen LogP contribution < -0.4 is 0 Å². The molecule has 2 heterocycles. The lowest BCUT2D eigenvalue weighted by molar-refractivity contribution is -0.146. The Labute approximate surface area is 120 Å². The zero-order chi connectivity index (χ0) is 16.0. The van der Waals surface area contributed by atoms with Crippen molar-refractivity contribution in [2.45, 2.75) is 45.5 Å². The Balaban J connectivity index is 2.21. The normalized spacial score (nSPS) is 15.9. The predicted molar refractivity (Wildman–Crippen MR) is 68.6 cm³/mol. The van der Waals surface area contributed by atoms with E-state index in [1.165, 1.54) is 11.9 Å².